The van der Waals surface area contributed by atoms with Gasteiger partial charge in [-0.25, -0.2) is 4.39 Å². The summed E-state index contributed by atoms with van der Waals surface area (Å²) in [5.74, 6) is 0.527. The molecule has 1 heterocycles. The molecule has 1 aromatic carbocycles. The second-order valence-corrected chi connectivity index (χ2v) is 3.70. The van der Waals surface area contributed by atoms with Crippen LogP contribution in [-0.2, 0) is 0 Å². The molecule has 15 heavy (non-hydrogen) atoms. The Morgan fingerprint density at radius 1 is 1.33 bits per heavy atom. The first-order chi connectivity index (χ1) is 7.22. The second-order valence-electron chi connectivity index (χ2n) is 3.18. The lowest BCUT2D eigenvalue weighted by Gasteiger charge is -2.02. The topological polar surface area (TPSA) is 37.8 Å². The first-order valence-electron chi connectivity index (χ1n) is 4.49. The van der Waals surface area contributed by atoms with E-state index >= 15 is 0 Å². The molecule has 3 nitrogen and oxygen atoms in total. The molecule has 0 aliphatic carbocycles. The summed E-state index contributed by atoms with van der Waals surface area (Å²) in [6.07, 6.45) is 0. The fourth-order valence-electron chi connectivity index (χ4n) is 1.33. The smallest absolute Gasteiger partial charge is 0.167 e. The third-order valence-electron chi connectivity index (χ3n) is 2.16. The largest absolute Gasteiger partial charge is 0.370 e. The summed E-state index contributed by atoms with van der Waals surface area (Å²) < 4.78 is 21.3. The molecule has 1 N–H and O–H groups in total. The van der Waals surface area contributed by atoms with E-state index in [-0.39, 0.29) is 5.82 Å². The van der Waals surface area contributed by atoms with Gasteiger partial charge in [-0.15, -0.1) is 0 Å². The molecule has 0 radical (unpaired) electrons. The van der Waals surface area contributed by atoms with Crippen LogP contribution in [0.4, 0.5) is 10.2 Å². The Labute approximate surface area is 91.3 Å². The van der Waals surface area contributed by atoms with Gasteiger partial charge in [0.2, 0.25) is 0 Å². The van der Waals surface area contributed by atoms with Gasteiger partial charge in [0.25, 0.3) is 0 Å². The molecule has 78 valence electrons. The van der Waals surface area contributed by atoms with Crippen LogP contribution >= 0.6 is 11.7 Å². The lowest BCUT2D eigenvalue weighted by Crippen LogP contribution is -1.92. The van der Waals surface area contributed by atoms with E-state index in [0.717, 1.165) is 28.8 Å². The number of anilines is 1. The van der Waals surface area contributed by atoms with E-state index in [1.54, 1.807) is 26.1 Å². The predicted octanol–water partition coefficient (Wildman–Crippen LogP) is 2.69. The molecule has 0 amide bonds. The van der Waals surface area contributed by atoms with Gasteiger partial charge in [0.1, 0.15) is 11.5 Å². The van der Waals surface area contributed by atoms with Crippen LogP contribution in [0.5, 0.6) is 0 Å². The van der Waals surface area contributed by atoms with Crippen molar-refractivity contribution < 1.29 is 4.39 Å². The van der Waals surface area contributed by atoms with E-state index in [1.165, 1.54) is 6.07 Å². The van der Waals surface area contributed by atoms with Gasteiger partial charge in [-0.1, -0.05) is 0 Å². The molecular formula is C10H10FN3S. The molecule has 1 aromatic heterocycles. The van der Waals surface area contributed by atoms with Gasteiger partial charge in [0, 0.05) is 12.6 Å². The van der Waals surface area contributed by atoms with Gasteiger partial charge < -0.3 is 5.32 Å². The summed E-state index contributed by atoms with van der Waals surface area (Å²) in [6, 6.07) is 4.93. The quantitative estimate of drug-likeness (QED) is 0.850. The van der Waals surface area contributed by atoms with E-state index in [9.17, 15) is 4.39 Å². The molecule has 0 saturated carbocycles. The van der Waals surface area contributed by atoms with Gasteiger partial charge in [-0.2, -0.15) is 8.75 Å². The van der Waals surface area contributed by atoms with Gasteiger partial charge in [-0.05, 0) is 30.7 Å². The highest BCUT2D eigenvalue weighted by molar-refractivity contribution is 6.99. The zero-order chi connectivity index (χ0) is 10.8. The van der Waals surface area contributed by atoms with Crippen molar-refractivity contribution in [2.45, 2.75) is 6.92 Å². The minimum Gasteiger partial charge on any atom is -0.370 e. The van der Waals surface area contributed by atoms with Gasteiger partial charge in [-0.3, -0.25) is 0 Å². The Hall–Kier alpha value is -1.49. The van der Waals surface area contributed by atoms with Crippen molar-refractivity contribution >= 4 is 17.5 Å². The second kappa shape index (κ2) is 3.94. The van der Waals surface area contributed by atoms with Crippen LogP contribution in [0.1, 0.15) is 5.56 Å². The summed E-state index contributed by atoms with van der Waals surface area (Å²) >= 11 is 1.14. The van der Waals surface area contributed by atoms with Crippen LogP contribution < -0.4 is 5.32 Å². The lowest BCUT2D eigenvalue weighted by molar-refractivity contribution is 0.619. The third-order valence-corrected chi connectivity index (χ3v) is 2.69. The van der Waals surface area contributed by atoms with Gasteiger partial charge in [0.05, 0.1) is 11.7 Å². The molecule has 5 heteroatoms. The number of aromatic nitrogens is 2. The number of rotatable bonds is 2. The number of benzene rings is 1. The molecule has 0 aliphatic rings. The van der Waals surface area contributed by atoms with Gasteiger partial charge >= 0.3 is 0 Å². The van der Waals surface area contributed by atoms with Crippen molar-refractivity contribution in [2.75, 3.05) is 12.4 Å². The highest BCUT2D eigenvalue weighted by Crippen LogP contribution is 2.26. The Morgan fingerprint density at radius 2 is 2.13 bits per heavy atom. The summed E-state index contributed by atoms with van der Waals surface area (Å²) in [4.78, 5) is 0. The maximum absolute atomic E-state index is 13.1. The minimum atomic E-state index is -0.201. The van der Waals surface area contributed by atoms with Crippen molar-refractivity contribution in [3.8, 4) is 11.3 Å². The van der Waals surface area contributed by atoms with E-state index in [4.69, 9.17) is 0 Å². The Morgan fingerprint density at radius 3 is 2.80 bits per heavy atom. The fourth-order valence-corrected chi connectivity index (χ4v) is 1.91. The summed E-state index contributed by atoms with van der Waals surface area (Å²) in [7, 11) is 1.79. The molecule has 0 fully saturated rings. The molecule has 0 atom stereocenters. The number of nitrogens with one attached hydrogen (secondary N) is 1. The van der Waals surface area contributed by atoms with Crippen LogP contribution in [-0.4, -0.2) is 15.8 Å². The first-order valence-corrected chi connectivity index (χ1v) is 5.22. The zero-order valence-corrected chi connectivity index (χ0v) is 9.23. The fraction of sp³-hybridized carbons (Fsp3) is 0.200. The normalized spacial score (nSPS) is 10.3. The van der Waals surface area contributed by atoms with Crippen LogP contribution in [0.15, 0.2) is 18.2 Å². The maximum Gasteiger partial charge on any atom is 0.167 e. The number of nitrogens with zero attached hydrogens (tertiary/aromatic N) is 2. The highest BCUT2D eigenvalue weighted by Gasteiger charge is 2.09. The summed E-state index contributed by atoms with van der Waals surface area (Å²) in [5, 5.41) is 2.95. The van der Waals surface area contributed by atoms with E-state index in [0.29, 0.717) is 5.56 Å². The van der Waals surface area contributed by atoms with Crippen LogP contribution in [0.25, 0.3) is 11.3 Å². The zero-order valence-electron chi connectivity index (χ0n) is 8.41. The van der Waals surface area contributed by atoms with E-state index in [2.05, 4.69) is 14.1 Å². The minimum absolute atomic E-state index is 0.201. The molecule has 2 rings (SSSR count). The monoisotopic (exact) mass is 223 g/mol. The Bertz CT molecular complexity index is 481. The van der Waals surface area contributed by atoms with Crippen LogP contribution in [0.3, 0.4) is 0 Å². The number of halogens is 1. The van der Waals surface area contributed by atoms with Crippen molar-refractivity contribution in [3.05, 3.63) is 29.6 Å². The van der Waals surface area contributed by atoms with Crippen LogP contribution in [0.2, 0.25) is 0 Å². The number of aryl methyl sites for hydroxylation is 1. The number of hydrogen-bond donors (Lipinski definition) is 1. The standard InChI is InChI=1S/C10H10FN3S/c1-6-5-7(3-4-8(6)11)9-10(12-2)14-15-13-9/h3-5H,1-2H3,(H,12,14). The van der Waals surface area contributed by atoms with Crippen molar-refractivity contribution in [1.82, 2.24) is 8.75 Å². The average Bonchev–Trinajstić information content (AvgIpc) is 2.70. The van der Waals surface area contributed by atoms with Crippen molar-refractivity contribution in [2.24, 2.45) is 0 Å². The third kappa shape index (κ3) is 1.83. The van der Waals surface area contributed by atoms with Crippen molar-refractivity contribution in [3.63, 3.8) is 0 Å². The summed E-state index contributed by atoms with van der Waals surface area (Å²) in [6.45, 7) is 1.73. The maximum atomic E-state index is 13.1. The van der Waals surface area contributed by atoms with Gasteiger partial charge in [0.15, 0.2) is 5.82 Å². The Kier molecular flexibility index (Phi) is 2.64. The molecular weight excluding hydrogens is 213 g/mol. The van der Waals surface area contributed by atoms with Crippen molar-refractivity contribution in [1.29, 1.82) is 0 Å². The molecule has 0 bridgehead atoms. The van der Waals surface area contributed by atoms with E-state index < -0.39 is 0 Å². The molecule has 2 aromatic rings. The molecule has 0 spiro atoms. The predicted molar refractivity (Wildman–Crippen MR) is 59.6 cm³/mol. The SMILES string of the molecule is CNc1nsnc1-c1ccc(F)c(C)c1. The highest BCUT2D eigenvalue weighted by atomic mass is 32.1. The van der Waals surface area contributed by atoms with Crippen LogP contribution in [0, 0.1) is 12.7 Å². The summed E-state index contributed by atoms with van der Waals surface area (Å²) in [5.41, 5.74) is 2.26. The number of hydrogen-bond acceptors (Lipinski definition) is 4. The Balaban J connectivity index is 2.50. The molecule has 0 aliphatic heterocycles. The first kappa shape index (κ1) is 10.0. The average molecular weight is 223 g/mol. The van der Waals surface area contributed by atoms with E-state index in [1.807, 2.05) is 0 Å². The lowest BCUT2D eigenvalue weighted by atomic mass is 10.1. The molecule has 0 saturated heterocycles. The molecule has 0 unspecified atom stereocenters.